The molecule has 3 nitrogen and oxygen atoms in total. The van der Waals surface area contributed by atoms with Gasteiger partial charge >= 0.3 is 0 Å². The topological polar surface area (TPSA) is 23.6 Å². The van der Waals surface area contributed by atoms with Crippen LogP contribution in [0.25, 0.3) is 0 Å². The molecule has 0 radical (unpaired) electrons. The lowest BCUT2D eigenvalue weighted by Gasteiger charge is -2.36. The van der Waals surface area contributed by atoms with E-state index in [4.69, 9.17) is 0 Å². The number of nitrogens with zero attached hydrogens (tertiary/aromatic N) is 2. The fraction of sp³-hybridized carbons (Fsp3) is 0.316. The van der Waals surface area contributed by atoms with Gasteiger partial charge in [0.05, 0.1) is 10.9 Å². The van der Waals surface area contributed by atoms with Crippen LogP contribution in [0.1, 0.15) is 11.1 Å². The molecule has 1 aliphatic heterocycles. The minimum atomic E-state index is -0.307. The number of hydrogen-bond donors (Lipinski definition) is 0. The number of halogens is 2. The average Bonchev–Trinajstić information content (AvgIpc) is 2.58. The van der Waals surface area contributed by atoms with Crippen LogP contribution in [0.2, 0.25) is 0 Å². The Bertz CT molecular complexity index is 742. The lowest BCUT2D eigenvalue weighted by Crippen LogP contribution is -2.49. The zero-order chi connectivity index (χ0) is 17.1. The Morgan fingerprint density at radius 2 is 1.88 bits per heavy atom. The molecule has 1 amide bonds. The number of benzene rings is 2. The van der Waals surface area contributed by atoms with Crippen LogP contribution < -0.4 is 4.90 Å². The molecule has 5 heteroatoms. The Labute approximate surface area is 150 Å². The third-order valence-electron chi connectivity index (χ3n) is 4.34. The van der Waals surface area contributed by atoms with Gasteiger partial charge in [0.15, 0.2) is 0 Å². The summed E-state index contributed by atoms with van der Waals surface area (Å²) >= 11 is 3.16. The third kappa shape index (κ3) is 3.96. The summed E-state index contributed by atoms with van der Waals surface area (Å²) in [5.74, 6) is -0.213. The monoisotopic (exact) mass is 390 g/mol. The van der Waals surface area contributed by atoms with Gasteiger partial charge in [0.2, 0.25) is 5.91 Å². The van der Waals surface area contributed by atoms with E-state index in [1.54, 1.807) is 12.1 Å². The SMILES string of the molecule is Cc1cccc(N2CCN(C(=O)Cc3ccc(F)c(Br)c3)CC2)c1. The molecule has 1 heterocycles. The molecule has 0 atom stereocenters. The van der Waals surface area contributed by atoms with E-state index < -0.39 is 0 Å². The van der Waals surface area contributed by atoms with E-state index in [2.05, 4.69) is 52.0 Å². The zero-order valence-corrected chi connectivity index (χ0v) is 15.2. The number of amides is 1. The van der Waals surface area contributed by atoms with Crippen molar-refractivity contribution in [2.24, 2.45) is 0 Å². The van der Waals surface area contributed by atoms with Crippen LogP contribution >= 0.6 is 15.9 Å². The van der Waals surface area contributed by atoms with Crippen LogP contribution in [0.15, 0.2) is 46.9 Å². The van der Waals surface area contributed by atoms with Crippen molar-refractivity contribution in [3.8, 4) is 0 Å². The van der Waals surface area contributed by atoms with Crippen LogP contribution in [0.4, 0.5) is 10.1 Å². The van der Waals surface area contributed by atoms with E-state index >= 15 is 0 Å². The molecule has 0 saturated carbocycles. The van der Waals surface area contributed by atoms with Gasteiger partial charge in [-0.2, -0.15) is 0 Å². The van der Waals surface area contributed by atoms with Gasteiger partial charge < -0.3 is 9.80 Å². The minimum absolute atomic E-state index is 0.0948. The van der Waals surface area contributed by atoms with Crippen molar-refractivity contribution < 1.29 is 9.18 Å². The molecule has 0 N–H and O–H groups in total. The molecule has 3 rings (SSSR count). The predicted molar refractivity (Wildman–Crippen MR) is 97.8 cm³/mol. The highest BCUT2D eigenvalue weighted by atomic mass is 79.9. The fourth-order valence-corrected chi connectivity index (χ4v) is 3.40. The summed E-state index contributed by atoms with van der Waals surface area (Å²) in [6.07, 6.45) is 0.309. The van der Waals surface area contributed by atoms with E-state index in [0.29, 0.717) is 10.9 Å². The molecule has 0 spiro atoms. The Kier molecular flexibility index (Phi) is 5.19. The first kappa shape index (κ1) is 17.0. The summed E-state index contributed by atoms with van der Waals surface area (Å²) in [6.45, 7) is 5.19. The number of anilines is 1. The Balaban J connectivity index is 1.58. The highest BCUT2D eigenvalue weighted by molar-refractivity contribution is 9.10. The molecule has 2 aromatic rings. The molecule has 0 aromatic heterocycles. The lowest BCUT2D eigenvalue weighted by atomic mass is 10.1. The molecule has 2 aromatic carbocycles. The molecule has 1 saturated heterocycles. The summed E-state index contributed by atoms with van der Waals surface area (Å²) in [5.41, 5.74) is 3.28. The molecule has 0 unspecified atom stereocenters. The highest BCUT2D eigenvalue weighted by Crippen LogP contribution is 2.20. The smallest absolute Gasteiger partial charge is 0.227 e. The van der Waals surface area contributed by atoms with Crippen molar-refractivity contribution in [2.45, 2.75) is 13.3 Å². The molecular weight excluding hydrogens is 371 g/mol. The van der Waals surface area contributed by atoms with Gasteiger partial charge in [-0.15, -0.1) is 0 Å². The summed E-state index contributed by atoms with van der Waals surface area (Å²) < 4.78 is 13.7. The first-order valence-corrected chi connectivity index (χ1v) is 8.85. The average molecular weight is 391 g/mol. The number of carbonyl (C=O) groups excluding carboxylic acids is 1. The minimum Gasteiger partial charge on any atom is -0.368 e. The maximum Gasteiger partial charge on any atom is 0.227 e. The first-order valence-electron chi connectivity index (χ1n) is 8.06. The molecule has 24 heavy (non-hydrogen) atoms. The summed E-state index contributed by atoms with van der Waals surface area (Å²) in [7, 11) is 0. The molecule has 126 valence electrons. The van der Waals surface area contributed by atoms with Crippen LogP contribution in [-0.2, 0) is 11.2 Å². The first-order chi connectivity index (χ1) is 11.5. The van der Waals surface area contributed by atoms with Gasteiger partial charge in [0, 0.05) is 31.9 Å². The van der Waals surface area contributed by atoms with Gasteiger partial charge in [-0.3, -0.25) is 4.79 Å². The van der Waals surface area contributed by atoms with Crippen molar-refractivity contribution in [1.82, 2.24) is 4.90 Å². The number of carbonyl (C=O) groups is 1. The molecule has 1 aliphatic rings. The van der Waals surface area contributed by atoms with E-state index in [1.165, 1.54) is 17.3 Å². The second-order valence-electron chi connectivity index (χ2n) is 6.13. The van der Waals surface area contributed by atoms with E-state index in [-0.39, 0.29) is 11.7 Å². The maximum atomic E-state index is 13.3. The van der Waals surface area contributed by atoms with Gasteiger partial charge in [-0.1, -0.05) is 18.2 Å². The quantitative estimate of drug-likeness (QED) is 0.795. The second kappa shape index (κ2) is 7.34. The molecular formula is C19H20BrFN2O. The summed E-state index contributed by atoms with van der Waals surface area (Å²) in [6, 6.07) is 13.2. The Hall–Kier alpha value is -1.88. The fourth-order valence-electron chi connectivity index (χ4n) is 2.97. The lowest BCUT2D eigenvalue weighted by molar-refractivity contribution is -0.130. The number of aryl methyl sites for hydroxylation is 1. The van der Waals surface area contributed by atoms with Crippen molar-refractivity contribution in [2.75, 3.05) is 31.1 Å². The Morgan fingerprint density at radius 3 is 2.54 bits per heavy atom. The van der Waals surface area contributed by atoms with Crippen LogP contribution in [0.3, 0.4) is 0 Å². The van der Waals surface area contributed by atoms with Crippen LogP contribution in [-0.4, -0.2) is 37.0 Å². The number of hydrogen-bond acceptors (Lipinski definition) is 2. The van der Waals surface area contributed by atoms with Gasteiger partial charge in [-0.25, -0.2) is 4.39 Å². The van der Waals surface area contributed by atoms with E-state index in [9.17, 15) is 9.18 Å². The van der Waals surface area contributed by atoms with E-state index in [0.717, 1.165) is 31.7 Å². The second-order valence-corrected chi connectivity index (χ2v) is 6.99. The predicted octanol–water partition coefficient (Wildman–Crippen LogP) is 3.79. The largest absolute Gasteiger partial charge is 0.368 e. The normalized spacial score (nSPS) is 14.8. The van der Waals surface area contributed by atoms with Gasteiger partial charge in [0.1, 0.15) is 5.82 Å². The summed E-state index contributed by atoms with van der Waals surface area (Å²) in [5, 5.41) is 0. The van der Waals surface area contributed by atoms with Crippen molar-refractivity contribution >= 4 is 27.5 Å². The van der Waals surface area contributed by atoms with Crippen LogP contribution in [0, 0.1) is 12.7 Å². The van der Waals surface area contributed by atoms with Crippen LogP contribution in [0.5, 0.6) is 0 Å². The van der Waals surface area contributed by atoms with Crippen molar-refractivity contribution in [1.29, 1.82) is 0 Å². The zero-order valence-electron chi connectivity index (χ0n) is 13.6. The summed E-state index contributed by atoms with van der Waals surface area (Å²) in [4.78, 5) is 16.7. The van der Waals surface area contributed by atoms with Gasteiger partial charge in [0.25, 0.3) is 0 Å². The molecule has 0 aliphatic carbocycles. The van der Waals surface area contributed by atoms with Crippen molar-refractivity contribution in [3.05, 3.63) is 63.9 Å². The Morgan fingerprint density at radius 1 is 1.12 bits per heavy atom. The number of piperazine rings is 1. The number of rotatable bonds is 3. The molecule has 1 fully saturated rings. The van der Waals surface area contributed by atoms with Gasteiger partial charge in [-0.05, 0) is 58.2 Å². The van der Waals surface area contributed by atoms with E-state index in [1.807, 2.05) is 4.90 Å². The third-order valence-corrected chi connectivity index (χ3v) is 4.95. The maximum absolute atomic E-state index is 13.3. The highest BCUT2D eigenvalue weighted by Gasteiger charge is 2.21. The standard InChI is InChI=1S/C19H20BrFN2O/c1-14-3-2-4-16(11-14)22-7-9-23(10-8-22)19(24)13-15-5-6-18(21)17(20)12-15/h2-6,11-12H,7-10,13H2,1H3. The molecule has 0 bridgehead atoms. The van der Waals surface area contributed by atoms with Crippen molar-refractivity contribution in [3.63, 3.8) is 0 Å².